The van der Waals surface area contributed by atoms with Gasteiger partial charge in [0.05, 0.1) is 9.89 Å². The van der Waals surface area contributed by atoms with Gasteiger partial charge in [0.1, 0.15) is 0 Å². The Kier molecular flexibility index (Phi) is 6.01. The van der Waals surface area contributed by atoms with Crippen LogP contribution in [0.25, 0.3) is 0 Å². The van der Waals surface area contributed by atoms with E-state index in [1.165, 1.54) is 4.88 Å². The first-order valence-electron chi connectivity index (χ1n) is 5.27. The molecule has 16 heavy (non-hydrogen) atoms. The van der Waals surface area contributed by atoms with Gasteiger partial charge < -0.3 is 10.4 Å². The van der Waals surface area contributed by atoms with Crippen molar-refractivity contribution in [2.75, 3.05) is 6.54 Å². The third kappa shape index (κ3) is 5.63. The van der Waals surface area contributed by atoms with E-state index < -0.39 is 6.10 Å². The molecule has 0 saturated carbocycles. The normalized spacial score (nSPS) is 12.4. The molecule has 0 spiro atoms. The van der Waals surface area contributed by atoms with E-state index in [2.05, 4.69) is 27.3 Å². The van der Waals surface area contributed by atoms with Crippen molar-refractivity contribution in [1.29, 1.82) is 0 Å². The highest BCUT2D eigenvalue weighted by atomic mass is 79.9. The van der Waals surface area contributed by atoms with Crippen molar-refractivity contribution >= 4 is 33.2 Å². The number of amides is 1. The summed E-state index contributed by atoms with van der Waals surface area (Å²) < 4.78 is 1.11. The van der Waals surface area contributed by atoms with E-state index in [1.54, 1.807) is 18.3 Å². The molecule has 0 aromatic carbocycles. The van der Waals surface area contributed by atoms with Gasteiger partial charge in [-0.15, -0.1) is 11.3 Å². The molecule has 0 fully saturated rings. The van der Waals surface area contributed by atoms with Crippen molar-refractivity contribution in [2.45, 2.75) is 32.3 Å². The van der Waals surface area contributed by atoms with Gasteiger partial charge in [-0.25, -0.2) is 0 Å². The zero-order valence-electron chi connectivity index (χ0n) is 9.20. The molecular formula is C11H16BrNO2S. The number of hydrogen-bond donors (Lipinski definition) is 2. The van der Waals surface area contributed by atoms with E-state index in [9.17, 15) is 4.79 Å². The number of aliphatic hydroxyl groups is 1. The average molecular weight is 306 g/mol. The lowest BCUT2D eigenvalue weighted by Crippen LogP contribution is -2.26. The molecule has 0 aliphatic rings. The van der Waals surface area contributed by atoms with E-state index in [0.717, 1.165) is 10.2 Å². The van der Waals surface area contributed by atoms with Crippen LogP contribution in [0.2, 0.25) is 0 Å². The van der Waals surface area contributed by atoms with Crippen molar-refractivity contribution in [3.63, 3.8) is 0 Å². The summed E-state index contributed by atoms with van der Waals surface area (Å²) in [6.45, 7) is 2.35. The first kappa shape index (κ1) is 13.7. The molecule has 1 rings (SSSR count). The Morgan fingerprint density at radius 1 is 1.62 bits per heavy atom. The molecule has 5 heteroatoms. The molecule has 1 aromatic rings. The number of rotatable bonds is 6. The summed E-state index contributed by atoms with van der Waals surface area (Å²) in [5.41, 5.74) is 0. The van der Waals surface area contributed by atoms with Crippen LogP contribution in [0.1, 0.15) is 24.6 Å². The zero-order valence-corrected chi connectivity index (χ0v) is 11.6. The number of hydrogen-bond acceptors (Lipinski definition) is 3. The van der Waals surface area contributed by atoms with Crippen molar-refractivity contribution in [3.05, 3.63) is 20.8 Å². The van der Waals surface area contributed by atoms with Gasteiger partial charge >= 0.3 is 0 Å². The molecule has 1 heterocycles. The second kappa shape index (κ2) is 7.04. The molecule has 0 aliphatic heterocycles. The third-order valence-electron chi connectivity index (χ3n) is 2.11. The molecule has 0 radical (unpaired) electrons. The van der Waals surface area contributed by atoms with Crippen LogP contribution in [0.3, 0.4) is 0 Å². The lowest BCUT2D eigenvalue weighted by Gasteiger charge is -2.05. The zero-order chi connectivity index (χ0) is 12.0. The maximum atomic E-state index is 11.3. The van der Waals surface area contributed by atoms with Crippen LogP contribution in [0.5, 0.6) is 0 Å². The summed E-state index contributed by atoms with van der Waals surface area (Å²) in [7, 11) is 0. The fourth-order valence-corrected chi connectivity index (χ4v) is 2.72. The van der Waals surface area contributed by atoms with Crippen LogP contribution in [0.15, 0.2) is 15.9 Å². The Hall–Kier alpha value is -0.390. The Morgan fingerprint density at radius 3 is 2.94 bits per heavy atom. The maximum absolute atomic E-state index is 11.3. The van der Waals surface area contributed by atoms with Crippen molar-refractivity contribution in [1.82, 2.24) is 5.32 Å². The third-order valence-corrected chi connectivity index (χ3v) is 3.80. The fourth-order valence-electron chi connectivity index (χ4n) is 1.24. The average Bonchev–Trinajstić information content (AvgIpc) is 2.61. The van der Waals surface area contributed by atoms with Crippen LogP contribution in [0, 0.1) is 0 Å². The van der Waals surface area contributed by atoms with E-state index in [4.69, 9.17) is 5.11 Å². The molecule has 90 valence electrons. The van der Waals surface area contributed by atoms with E-state index in [0.29, 0.717) is 19.4 Å². The standard InChI is InChI=1S/C11H16BrNO2S/c1-8(14)2-5-11(15)13-7-6-9-3-4-10(12)16-9/h3-4,8,14H,2,5-7H2,1H3,(H,13,15). The van der Waals surface area contributed by atoms with Gasteiger partial charge in [0.15, 0.2) is 0 Å². The minimum atomic E-state index is -0.404. The topological polar surface area (TPSA) is 49.3 Å². The van der Waals surface area contributed by atoms with Gasteiger partial charge in [-0.2, -0.15) is 0 Å². The summed E-state index contributed by atoms with van der Waals surface area (Å²) in [6, 6.07) is 4.06. The minimum absolute atomic E-state index is 0.0107. The summed E-state index contributed by atoms with van der Waals surface area (Å²) >= 11 is 5.08. The maximum Gasteiger partial charge on any atom is 0.220 e. The molecule has 1 unspecified atom stereocenters. The molecule has 0 bridgehead atoms. The van der Waals surface area contributed by atoms with Crippen LogP contribution < -0.4 is 5.32 Å². The number of nitrogens with one attached hydrogen (secondary N) is 1. The van der Waals surface area contributed by atoms with Gasteiger partial charge in [-0.05, 0) is 47.8 Å². The van der Waals surface area contributed by atoms with Gasteiger partial charge in [0.25, 0.3) is 0 Å². The molecule has 0 aliphatic carbocycles. The summed E-state index contributed by atoms with van der Waals surface area (Å²) in [6.07, 6.45) is 1.37. The molecule has 1 atom stereocenters. The summed E-state index contributed by atoms with van der Waals surface area (Å²) in [5.74, 6) is 0.0107. The monoisotopic (exact) mass is 305 g/mol. The van der Waals surface area contributed by atoms with E-state index in [1.807, 2.05) is 6.07 Å². The van der Waals surface area contributed by atoms with Crippen LogP contribution >= 0.6 is 27.3 Å². The SMILES string of the molecule is CC(O)CCC(=O)NCCc1ccc(Br)s1. The second-order valence-corrected chi connectivity index (χ2v) is 6.24. The van der Waals surface area contributed by atoms with Crippen molar-refractivity contribution < 1.29 is 9.90 Å². The molecule has 0 saturated heterocycles. The lowest BCUT2D eigenvalue weighted by molar-refractivity contribution is -0.121. The fraction of sp³-hybridized carbons (Fsp3) is 0.545. The Labute approximate surface area is 108 Å². The quantitative estimate of drug-likeness (QED) is 0.847. The largest absolute Gasteiger partial charge is 0.393 e. The van der Waals surface area contributed by atoms with E-state index >= 15 is 0 Å². The van der Waals surface area contributed by atoms with Gasteiger partial charge in [0, 0.05) is 17.8 Å². The Balaban J connectivity index is 2.13. The van der Waals surface area contributed by atoms with Crippen LogP contribution in [-0.2, 0) is 11.2 Å². The lowest BCUT2D eigenvalue weighted by atomic mass is 10.2. The number of thiophene rings is 1. The first-order valence-corrected chi connectivity index (χ1v) is 6.88. The molecule has 2 N–H and O–H groups in total. The number of halogens is 1. The second-order valence-electron chi connectivity index (χ2n) is 3.69. The number of carbonyl (C=O) groups is 1. The highest BCUT2D eigenvalue weighted by Crippen LogP contribution is 2.21. The van der Waals surface area contributed by atoms with Gasteiger partial charge in [0.2, 0.25) is 5.91 Å². The van der Waals surface area contributed by atoms with E-state index in [-0.39, 0.29) is 5.91 Å². The molecule has 1 amide bonds. The number of carbonyl (C=O) groups excluding carboxylic acids is 1. The highest BCUT2D eigenvalue weighted by molar-refractivity contribution is 9.11. The van der Waals surface area contributed by atoms with Crippen LogP contribution in [-0.4, -0.2) is 23.7 Å². The predicted octanol–water partition coefficient (Wildman–Crippen LogP) is 2.33. The van der Waals surface area contributed by atoms with Crippen molar-refractivity contribution in [3.8, 4) is 0 Å². The minimum Gasteiger partial charge on any atom is -0.393 e. The van der Waals surface area contributed by atoms with Crippen molar-refractivity contribution in [2.24, 2.45) is 0 Å². The first-order chi connectivity index (χ1) is 7.58. The van der Waals surface area contributed by atoms with Crippen LogP contribution in [0.4, 0.5) is 0 Å². The Morgan fingerprint density at radius 2 is 2.38 bits per heavy atom. The Bertz CT molecular complexity index is 338. The molecule has 3 nitrogen and oxygen atoms in total. The van der Waals surface area contributed by atoms with Gasteiger partial charge in [-0.3, -0.25) is 4.79 Å². The summed E-state index contributed by atoms with van der Waals surface area (Å²) in [5, 5.41) is 11.9. The number of aliphatic hydroxyl groups excluding tert-OH is 1. The molecular weight excluding hydrogens is 290 g/mol. The highest BCUT2D eigenvalue weighted by Gasteiger charge is 2.04. The van der Waals surface area contributed by atoms with Gasteiger partial charge in [-0.1, -0.05) is 0 Å². The molecule has 1 aromatic heterocycles. The summed E-state index contributed by atoms with van der Waals surface area (Å²) in [4.78, 5) is 12.6. The predicted molar refractivity (Wildman–Crippen MR) is 69.6 cm³/mol. The smallest absolute Gasteiger partial charge is 0.220 e.